The van der Waals surface area contributed by atoms with Crippen molar-refractivity contribution in [2.45, 2.75) is 19.9 Å². The molecule has 0 atom stereocenters. The average Bonchev–Trinajstić information content (AvgIpc) is 2.54. The molecule has 0 aliphatic heterocycles. The summed E-state index contributed by atoms with van der Waals surface area (Å²) in [5.74, 6) is -0.0335. The number of carbonyl (C=O) groups excluding carboxylic acids is 1. The summed E-state index contributed by atoms with van der Waals surface area (Å²) in [5, 5.41) is 6.58. The van der Waals surface area contributed by atoms with Crippen LogP contribution in [-0.2, 0) is 16.1 Å². The van der Waals surface area contributed by atoms with E-state index in [0.29, 0.717) is 11.4 Å². The molecule has 0 saturated carbocycles. The number of methoxy groups -OCH3 is 1. The second-order valence-corrected chi connectivity index (χ2v) is 3.20. The number of anilines is 1. The Morgan fingerprint density at radius 3 is 2.94 bits per heavy atom. The number of ether oxygens (including phenoxy) is 1. The Hall–Kier alpha value is -1.66. The number of nitrogens with one attached hydrogen (secondary N) is 1. The van der Waals surface area contributed by atoms with Crippen molar-refractivity contribution in [1.29, 1.82) is 0 Å². The number of halogens is 2. The Balaban J connectivity index is 2.59. The highest BCUT2D eigenvalue weighted by Crippen LogP contribution is 2.12. The maximum absolute atomic E-state index is 12.1. The van der Waals surface area contributed by atoms with Gasteiger partial charge in [-0.25, -0.2) is 8.78 Å². The molecule has 1 aromatic heterocycles. The number of nitrogens with zero attached hydrogens (tertiary/aromatic N) is 2. The molecule has 0 saturated heterocycles. The highest BCUT2D eigenvalue weighted by atomic mass is 19.3. The minimum absolute atomic E-state index is 0.0387. The Morgan fingerprint density at radius 2 is 2.38 bits per heavy atom. The van der Waals surface area contributed by atoms with Crippen molar-refractivity contribution in [2.75, 3.05) is 19.0 Å². The van der Waals surface area contributed by atoms with Gasteiger partial charge in [0.2, 0.25) is 0 Å². The number of aromatic nitrogens is 2. The van der Waals surface area contributed by atoms with Crippen LogP contribution in [0.2, 0.25) is 0 Å². The highest BCUT2D eigenvalue weighted by Gasteiger charge is 2.10. The SMILES string of the molecule is COC(=O)CNc1nn(CC(F)F)cc1C. The third-order valence-corrected chi connectivity index (χ3v) is 1.90. The van der Waals surface area contributed by atoms with E-state index in [9.17, 15) is 13.6 Å². The van der Waals surface area contributed by atoms with Crippen LogP contribution in [0, 0.1) is 6.92 Å². The van der Waals surface area contributed by atoms with Gasteiger partial charge in [-0.05, 0) is 6.92 Å². The molecule has 0 aliphatic rings. The highest BCUT2D eigenvalue weighted by molar-refractivity contribution is 5.74. The maximum atomic E-state index is 12.1. The van der Waals surface area contributed by atoms with Crippen molar-refractivity contribution >= 4 is 11.8 Å². The summed E-state index contributed by atoms with van der Waals surface area (Å²) in [5.41, 5.74) is 0.699. The molecule has 90 valence electrons. The van der Waals surface area contributed by atoms with Gasteiger partial charge < -0.3 is 10.1 Å². The van der Waals surface area contributed by atoms with Crippen LogP contribution in [0.5, 0.6) is 0 Å². The molecule has 0 fully saturated rings. The summed E-state index contributed by atoms with van der Waals surface area (Å²) in [4.78, 5) is 10.8. The molecule has 16 heavy (non-hydrogen) atoms. The molecule has 0 amide bonds. The molecular weight excluding hydrogens is 220 g/mol. The minimum Gasteiger partial charge on any atom is -0.468 e. The van der Waals surface area contributed by atoms with Crippen molar-refractivity contribution in [3.8, 4) is 0 Å². The van der Waals surface area contributed by atoms with Crippen LogP contribution in [0.3, 0.4) is 0 Å². The van der Waals surface area contributed by atoms with Crippen LogP contribution < -0.4 is 5.32 Å². The summed E-state index contributed by atoms with van der Waals surface area (Å²) in [6.07, 6.45) is -0.959. The monoisotopic (exact) mass is 233 g/mol. The Morgan fingerprint density at radius 1 is 1.69 bits per heavy atom. The zero-order chi connectivity index (χ0) is 12.1. The standard InChI is InChI=1S/C9H13F2N3O2/c1-6-4-14(5-7(10)11)13-9(6)12-3-8(15)16-2/h4,7H,3,5H2,1-2H3,(H,12,13). The van der Waals surface area contributed by atoms with E-state index in [1.807, 2.05) is 0 Å². The van der Waals surface area contributed by atoms with Crippen LogP contribution >= 0.6 is 0 Å². The second-order valence-electron chi connectivity index (χ2n) is 3.20. The number of hydrogen-bond acceptors (Lipinski definition) is 4. The largest absolute Gasteiger partial charge is 0.468 e. The summed E-state index contributed by atoms with van der Waals surface area (Å²) in [6, 6.07) is 0. The van der Waals surface area contributed by atoms with E-state index >= 15 is 0 Å². The zero-order valence-corrected chi connectivity index (χ0v) is 9.04. The van der Waals surface area contributed by atoms with Gasteiger partial charge in [0.25, 0.3) is 6.43 Å². The van der Waals surface area contributed by atoms with E-state index in [0.717, 1.165) is 4.68 Å². The molecule has 0 unspecified atom stereocenters. The molecule has 0 bridgehead atoms. The topological polar surface area (TPSA) is 56.1 Å². The first-order valence-corrected chi connectivity index (χ1v) is 4.65. The smallest absolute Gasteiger partial charge is 0.325 e. The van der Waals surface area contributed by atoms with E-state index in [1.54, 1.807) is 6.92 Å². The Kier molecular flexibility index (Phi) is 4.21. The summed E-state index contributed by atoms with van der Waals surface area (Å²) < 4.78 is 29.7. The van der Waals surface area contributed by atoms with Crippen LogP contribution in [0.4, 0.5) is 14.6 Å². The fourth-order valence-corrected chi connectivity index (χ4v) is 1.16. The Bertz CT molecular complexity index is 366. The van der Waals surface area contributed by atoms with E-state index in [2.05, 4.69) is 15.2 Å². The maximum Gasteiger partial charge on any atom is 0.325 e. The number of hydrogen-bond donors (Lipinski definition) is 1. The Labute approximate surface area is 91.4 Å². The molecule has 5 nitrogen and oxygen atoms in total. The van der Waals surface area contributed by atoms with Gasteiger partial charge in [-0.1, -0.05) is 0 Å². The quantitative estimate of drug-likeness (QED) is 0.772. The number of alkyl halides is 2. The molecule has 1 rings (SSSR count). The van der Waals surface area contributed by atoms with Crippen molar-refractivity contribution in [2.24, 2.45) is 0 Å². The van der Waals surface area contributed by atoms with Gasteiger partial charge in [0.1, 0.15) is 13.1 Å². The molecular formula is C9H13F2N3O2. The predicted molar refractivity (Wildman–Crippen MR) is 53.5 cm³/mol. The molecule has 1 heterocycles. The molecule has 1 aromatic rings. The number of aryl methyl sites for hydroxylation is 1. The lowest BCUT2D eigenvalue weighted by Crippen LogP contribution is -2.16. The predicted octanol–water partition coefficient (Wildman–Crippen LogP) is 1.04. The molecule has 0 spiro atoms. The molecule has 7 heteroatoms. The number of esters is 1. The molecule has 0 aromatic carbocycles. The van der Waals surface area contributed by atoms with E-state index in [4.69, 9.17) is 0 Å². The first-order valence-electron chi connectivity index (χ1n) is 4.65. The average molecular weight is 233 g/mol. The van der Waals surface area contributed by atoms with Crippen molar-refractivity contribution in [1.82, 2.24) is 9.78 Å². The third kappa shape index (κ3) is 3.48. The van der Waals surface area contributed by atoms with Crippen LogP contribution in [0.25, 0.3) is 0 Å². The lowest BCUT2D eigenvalue weighted by molar-refractivity contribution is -0.138. The van der Waals surface area contributed by atoms with Crippen molar-refractivity contribution in [3.05, 3.63) is 11.8 Å². The summed E-state index contributed by atoms with van der Waals surface area (Å²) in [6.45, 7) is 1.22. The summed E-state index contributed by atoms with van der Waals surface area (Å²) >= 11 is 0. The van der Waals surface area contributed by atoms with E-state index in [1.165, 1.54) is 13.3 Å². The molecule has 0 radical (unpaired) electrons. The van der Waals surface area contributed by atoms with Crippen molar-refractivity contribution < 1.29 is 18.3 Å². The van der Waals surface area contributed by atoms with Gasteiger partial charge >= 0.3 is 5.97 Å². The lowest BCUT2D eigenvalue weighted by Gasteiger charge is -2.02. The van der Waals surface area contributed by atoms with Crippen LogP contribution in [0.1, 0.15) is 5.56 Å². The van der Waals surface area contributed by atoms with Gasteiger partial charge in [-0.2, -0.15) is 5.10 Å². The van der Waals surface area contributed by atoms with Crippen LogP contribution in [-0.4, -0.2) is 35.8 Å². The molecule has 0 aliphatic carbocycles. The fourth-order valence-electron chi connectivity index (χ4n) is 1.16. The second kappa shape index (κ2) is 5.43. The van der Waals surface area contributed by atoms with E-state index in [-0.39, 0.29) is 6.54 Å². The zero-order valence-electron chi connectivity index (χ0n) is 9.04. The molecule has 1 N–H and O–H groups in total. The minimum atomic E-state index is -2.45. The van der Waals surface area contributed by atoms with Gasteiger partial charge in [-0.3, -0.25) is 9.48 Å². The van der Waals surface area contributed by atoms with E-state index < -0.39 is 18.9 Å². The van der Waals surface area contributed by atoms with Gasteiger partial charge in [0.15, 0.2) is 5.82 Å². The summed E-state index contributed by atoms with van der Waals surface area (Å²) in [7, 11) is 1.27. The number of rotatable bonds is 5. The normalized spacial score (nSPS) is 10.6. The van der Waals surface area contributed by atoms with Gasteiger partial charge in [0, 0.05) is 11.8 Å². The first kappa shape index (κ1) is 12.4. The first-order chi connectivity index (χ1) is 7.52. The number of carbonyl (C=O) groups is 1. The third-order valence-electron chi connectivity index (χ3n) is 1.90. The van der Waals surface area contributed by atoms with Crippen molar-refractivity contribution in [3.63, 3.8) is 0 Å². The van der Waals surface area contributed by atoms with Gasteiger partial charge in [0.05, 0.1) is 7.11 Å². The van der Waals surface area contributed by atoms with Gasteiger partial charge in [-0.15, -0.1) is 0 Å². The lowest BCUT2D eigenvalue weighted by atomic mass is 10.4. The fraction of sp³-hybridized carbons (Fsp3) is 0.556. The van der Waals surface area contributed by atoms with Crippen LogP contribution in [0.15, 0.2) is 6.20 Å².